The molecular weight excluding hydrogens is 408 g/mol. The molecule has 0 radical (unpaired) electrons. The van der Waals surface area contributed by atoms with Gasteiger partial charge in [-0.3, -0.25) is 19.3 Å². The van der Waals surface area contributed by atoms with Crippen molar-refractivity contribution in [3.63, 3.8) is 0 Å². The number of amides is 3. The highest BCUT2D eigenvalue weighted by atomic mass is 32.2. The Labute approximate surface area is 179 Å². The first-order chi connectivity index (χ1) is 14.5. The average Bonchev–Trinajstić information content (AvgIpc) is 3.01. The molecule has 0 aliphatic carbocycles. The molecule has 30 heavy (non-hydrogen) atoms. The number of ether oxygens (including phenoxy) is 2. The van der Waals surface area contributed by atoms with Crippen molar-refractivity contribution < 1.29 is 29.0 Å². The van der Waals surface area contributed by atoms with E-state index in [1.165, 1.54) is 14.2 Å². The number of hydrogen-bond donors (Lipinski definition) is 1. The van der Waals surface area contributed by atoms with Gasteiger partial charge in [-0.25, -0.2) is 0 Å². The highest BCUT2D eigenvalue weighted by molar-refractivity contribution is 8.18. The number of carbonyl (C=O) groups is 3. The van der Waals surface area contributed by atoms with E-state index in [0.717, 1.165) is 35.9 Å². The zero-order chi connectivity index (χ0) is 21.7. The highest BCUT2D eigenvalue weighted by Gasteiger charge is 2.38. The summed E-state index contributed by atoms with van der Waals surface area (Å²) in [6, 6.07) is 5.12. The summed E-state index contributed by atoms with van der Waals surface area (Å²) < 4.78 is 10.5. The average molecular weight is 435 g/mol. The lowest BCUT2D eigenvalue weighted by atomic mass is 9.99. The van der Waals surface area contributed by atoms with Gasteiger partial charge in [-0.1, -0.05) is 0 Å². The van der Waals surface area contributed by atoms with Crippen molar-refractivity contribution in [2.45, 2.75) is 31.7 Å². The maximum atomic E-state index is 12.8. The molecule has 2 aliphatic rings. The van der Waals surface area contributed by atoms with E-state index in [0.29, 0.717) is 30.0 Å². The van der Waals surface area contributed by atoms with Crippen LogP contribution in [0.2, 0.25) is 0 Å². The Bertz CT molecular complexity index is 854. The van der Waals surface area contributed by atoms with Gasteiger partial charge in [0.25, 0.3) is 11.1 Å². The number of carbonyl (C=O) groups excluding carboxylic acids is 3. The van der Waals surface area contributed by atoms with Crippen LogP contribution < -0.4 is 9.47 Å². The van der Waals surface area contributed by atoms with Crippen molar-refractivity contribution in [1.29, 1.82) is 0 Å². The number of aliphatic hydroxyl groups is 1. The third-order valence-electron chi connectivity index (χ3n) is 5.30. The number of methoxy groups -OCH3 is 2. The van der Waals surface area contributed by atoms with Crippen LogP contribution in [0.4, 0.5) is 4.79 Å². The van der Waals surface area contributed by atoms with Gasteiger partial charge in [0.15, 0.2) is 0 Å². The van der Waals surface area contributed by atoms with E-state index in [2.05, 4.69) is 0 Å². The zero-order valence-corrected chi connectivity index (χ0v) is 17.9. The molecule has 3 amide bonds. The van der Waals surface area contributed by atoms with E-state index in [1.54, 1.807) is 29.2 Å². The smallest absolute Gasteiger partial charge is 0.294 e. The van der Waals surface area contributed by atoms with Crippen LogP contribution in [-0.4, -0.2) is 71.9 Å². The Kier molecular flexibility index (Phi) is 7.38. The second-order valence-electron chi connectivity index (χ2n) is 7.12. The summed E-state index contributed by atoms with van der Waals surface area (Å²) in [4.78, 5) is 41.0. The van der Waals surface area contributed by atoms with Crippen molar-refractivity contribution >= 4 is 34.9 Å². The number of rotatable bonds is 7. The Balaban J connectivity index is 1.76. The second-order valence-corrected chi connectivity index (χ2v) is 8.12. The van der Waals surface area contributed by atoms with Crippen molar-refractivity contribution in [2.24, 2.45) is 0 Å². The fraction of sp³-hybridized carbons (Fsp3) is 0.476. The van der Waals surface area contributed by atoms with E-state index in [4.69, 9.17) is 9.47 Å². The molecule has 1 aromatic carbocycles. The fourth-order valence-corrected chi connectivity index (χ4v) is 4.56. The van der Waals surface area contributed by atoms with Gasteiger partial charge in [0.1, 0.15) is 18.0 Å². The Morgan fingerprint density at radius 1 is 1.27 bits per heavy atom. The van der Waals surface area contributed by atoms with Gasteiger partial charge in [-0.05, 0) is 61.7 Å². The van der Waals surface area contributed by atoms with Gasteiger partial charge in [0.2, 0.25) is 5.91 Å². The van der Waals surface area contributed by atoms with Crippen LogP contribution in [-0.2, 0) is 9.59 Å². The van der Waals surface area contributed by atoms with Crippen molar-refractivity contribution in [2.75, 3.05) is 33.9 Å². The summed E-state index contributed by atoms with van der Waals surface area (Å²) in [7, 11) is 3.06. The molecule has 2 fully saturated rings. The summed E-state index contributed by atoms with van der Waals surface area (Å²) in [6.07, 6.45) is 4.78. The van der Waals surface area contributed by atoms with Gasteiger partial charge in [-0.15, -0.1) is 0 Å². The molecule has 0 aromatic heterocycles. The van der Waals surface area contributed by atoms with E-state index < -0.39 is 11.1 Å². The quantitative estimate of drug-likeness (QED) is 0.659. The lowest BCUT2D eigenvalue weighted by Crippen LogP contribution is -2.49. The van der Waals surface area contributed by atoms with Crippen molar-refractivity contribution in [3.8, 4) is 11.5 Å². The number of imide groups is 1. The number of benzene rings is 1. The Morgan fingerprint density at radius 2 is 2.07 bits per heavy atom. The lowest BCUT2D eigenvalue weighted by molar-refractivity contribution is -0.139. The lowest BCUT2D eigenvalue weighted by Gasteiger charge is -2.36. The Morgan fingerprint density at radius 3 is 2.77 bits per heavy atom. The van der Waals surface area contributed by atoms with Crippen LogP contribution in [0.1, 0.15) is 31.2 Å². The molecule has 0 saturated carbocycles. The van der Waals surface area contributed by atoms with Crippen LogP contribution in [0.5, 0.6) is 11.5 Å². The van der Waals surface area contributed by atoms with Crippen LogP contribution >= 0.6 is 11.8 Å². The van der Waals surface area contributed by atoms with Crippen LogP contribution in [0.3, 0.4) is 0 Å². The molecular formula is C21H26N2O6S. The molecule has 1 atom stereocenters. The molecule has 162 valence electrons. The van der Waals surface area contributed by atoms with E-state index in [9.17, 15) is 19.5 Å². The topological polar surface area (TPSA) is 96.4 Å². The normalized spacial score (nSPS) is 20.8. The number of nitrogens with zero attached hydrogens (tertiary/aromatic N) is 2. The van der Waals surface area contributed by atoms with Gasteiger partial charge < -0.3 is 19.5 Å². The molecule has 0 bridgehead atoms. The zero-order valence-electron chi connectivity index (χ0n) is 17.1. The molecule has 2 aliphatic heterocycles. The number of piperidine rings is 1. The van der Waals surface area contributed by atoms with Crippen molar-refractivity contribution in [1.82, 2.24) is 9.80 Å². The number of aliphatic hydroxyl groups excluding tert-OH is 1. The largest absolute Gasteiger partial charge is 0.497 e. The molecule has 0 spiro atoms. The molecule has 1 N–H and O–H groups in total. The molecule has 9 heteroatoms. The Hall–Kier alpha value is -2.52. The third kappa shape index (κ3) is 4.79. The van der Waals surface area contributed by atoms with E-state index >= 15 is 0 Å². The van der Waals surface area contributed by atoms with Gasteiger partial charge in [-0.2, -0.15) is 0 Å². The molecule has 2 heterocycles. The summed E-state index contributed by atoms with van der Waals surface area (Å²) in [5.41, 5.74) is 0.604. The fourth-order valence-electron chi connectivity index (χ4n) is 3.73. The summed E-state index contributed by atoms with van der Waals surface area (Å²) in [6.45, 7) is 0.289. The minimum Gasteiger partial charge on any atom is -0.497 e. The molecule has 1 unspecified atom stereocenters. The highest BCUT2D eigenvalue weighted by Crippen LogP contribution is 2.35. The van der Waals surface area contributed by atoms with Gasteiger partial charge >= 0.3 is 0 Å². The van der Waals surface area contributed by atoms with Crippen molar-refractivity contribution in [3.05, 3.63) is 28.7 Å². The van der Waals surface area contributed by atoms with Gasteiger partial charge in [0, 0.05) is 24.8 Å². The number of thioether (sulfide) groups is 1. The first kappa shape index (κ1) is 22.2. The molecule has 2 saturated heterocycles. The second kappa shape index (κ2) is 9.99. The van der Waals surface area contributed by atoms with Crippen LogP contribution in [0.25, 0.3) is 6.08 Å². The minimum absolute atomic E-state index is 0.00112. The summed E-state index contributed by atoms with van der Waals surface area (Å²) in [5.74, 6) is 0.366. The maximum Gasteiger partial charge on any atom is 0.294 e. The monoisotopic (exact) mass is 434 g/mol. The predicted octanol–water partition coefficient (Wildman–Crippen LogP) is 2.50. The third-order valence-corrected chi connectivity index (χ3v) is 6.21. The van der Waals surface area contributed by atoms with Gasteiger partial charge in [0.05, 0.1) is 19.1 Å². The maximum absolute atomic E-state index is 12.8. The molecule has 1 aromatic rings. The minimum atomic E-state index is -0.501. The van der Waals surface area contributed by atoms with E-state index in [-0.39, 0.29) is 30.0 Å². The number of likely N-dealkylation sites (tertiary alicyclic amines) is 1. The van der Waals surface area contributed by atoms with Crippen LogP contribution in [0, 0.1) is 0 Å². The predicted molar refractivity (Wildman–Crippen MR) is 113 cm³/mol. The standard InChI is InChI=1S/C21H26N2O6S/c1-28-16-6-7-17(29-2)14(11-16)12-18-20(26)23(21(27)30-18)13-19(25)22-9-4-3-5-15(22)8-10-24/h6-7,11-12,15,24H,3-5,8-10,13H2,1-2H3. The van der Waals surface area contributed by atoms with E-state index in [1.807, 2.05) is 0 Å². The first-order valence-electron chi connectivity index (χ1n) is 9.86. The summed E-state index contributed by atoms with van der Waals surface area (Å²) in [5, 5.41) is 8.78. The SMILES string of the molecule is COc1ccc(OC)c(C=C2SC(=O)N(CC(=O)N3CCCCC3CCO)C2=O)c1. The summed E-state index contributed by atoms with van der Waals surface area (Å²) >= 11 is 0.800. The van der Waals surface area contributed by atoms with Crippen LogP contribution in [0.15, 0.2) is 23.1 Å². The molecule has 8 nitrogen and oxygen atoms in total. The molecule has 3 rings (SSSR count). The number of hydrogen-bond acceptors (Lipinski definition) is 7. The first-order valence-corrected chi connectivity index (χ1v) is 10.7.